The third-order valence-electron chi connectivity index (χ3n) is 2.90. The lowest BCUT2D eigenvalue weighted by Gasteiger charge is -2.08. The van der Waals surface area contributed by atoms with Crippen LogP contribution in [0.3, 0.4) is 0 Å². The van der Waals surface area contributed by atoms with Crippen molar-refractivity contribution in [2.75, 3.05) is 5.32 Å². The van der Waals surface area contributed by atoms with E-state index >= 15 is 0 Å². The van der Waals surface area contributed by atoms with Gasteiger partial charge < -0.3 is 5.32 Å². The van der Waals surface area contributed by atoms with Crippen molar-refractivity contribution in [3.8, 4) is 0 Å². The number of hydrogen-bond acceptors (Lipinski definition) is 3. The molecule has 1 amide bonds. The molecule has 6 heteroatoms. The maximum Gasteiger partial charge on any atom is 0.255 e. The highest BCUT2D eigenvalue weighted by molar-refractivity contribution is 9.08. The fourth-order valence-corrected chi connectivity index (χ4v) is 2.77. The number of anilines is 1. The van der Waals surface area contributed by atoms with Gasteiger partial charge in [-0.15, -0.1) is 0 Å². The van der Waals surface area contributed by atoms with Crippen LogP contribution < -0.4 is 5.32 Å². The van der Waals surface area contributed by atoms with Crippen LogP contribution in [0.1, 0.15) is 15.9 Å². The third-order valence-corrected chi connectivity index (χ3v) is 4.09. The zero-order valence-electron chi connectivity index (χ0n) is 10.3. The summed E-state index contributed by atoms with van der Waals surface area (Å²) in [5.74, 6) is -0.147. The van der Waals surface area contributed by atoms with Crippen LogP contribution >= 0.6 is 15.9 Å². The van der Waals surface area contributed by atoms with Crippen LogP contribution in [-0.2, 0) is 16.7 Å². The molecule has 1 heterocycles. The molecule has 0 bridgehead atoms. The first kappa shape index (κ1) is 13.2. The standard InChI is InChI=1S/C14H10BrN3OS/c15-8-9-4-6-10(7-5-9)14(19)16-11-2-1-3-12-13(11)18-20-17-12/h1-7H,8H2,(H,16,19). The first-order chi connectivity index (χ1) is 9.78. The van der Waals surface area contributed by atoms with E-state index in [4.69, 9.17) is 0 Å². The normalized spacial score (nSPS) is 11.8. The Bertz CT molecular complexity index is 737. The van der Waals surface area contributed by atoms with Crippen molar-refractivity contribution in [3.63, 3.8) is 0 Å². The molecule has 0 radical (unpaired) electrons. The number of alkyl halides is 1. The van der Waals surface area contributed by atoms with Gasteiger partial charge in [-0.25, -0.2) is 0 Å². The molecular formula is C14H10BrN3OS. The fourth-order valence-electron chi connectivity index (χ4n) is 1.85. The number of rotatable bonds is 3. The van der Waals surface area contributed by atoms with Gasteiger partial charge in [0.15, 0.2) is 0 Å². The van der Waals surface area contributed by atoms with E-state index in [9.17, 15) is 4.79 Å². The first-order valence-electron chi connectivity index (χ1n) is 5.95. The molecule has 0 spiro atoms. The number of fused-ring (bicyclic) bond motifs is 1. The molecule has 100 valence electrons. The molecule has 1 aliphatic heterocycles. The molecule has 0 aromatic heterocycles. The van der Waals surface area contributed by atoms with Gasteiger partial charge in [0.1, 0.15) is 11.4 Å². The molecule has 0 saturated carbocycles. The summed E-state index contributed by atoms with van der Waals surface area (Å²) < 4.78 is 8.36. The van der Waals surface area contributed by atoms with Gasteiger partial charge in [0.25, 0.3) is 5.91 Å². The predicted octanol–water partition coefficient (Wildman–Crippen LogP) is 4.56. The Labute approximate surface area is 128 Å². The summed E-state index contributed by atoms with van der Waals surface area (Å²) in [6, 6.07) is 13.0. The molecule has 0 aliphatic carbocycles. The molecule has 4 nitrogen and oxygen atoms in total. The first-order valence-corrected chi connectivity index (χ1v) is 7.80. The third kappa shape index (κ3) is 2.57. The summed E-state index contributed by atoms with van der Waals surface area (Å²) >= 11 is 4.52. The summed E-state index contributed by atoms with van der Waals surface area (Å²) in [6.45, 7) is 0. The monoisotopic (exact) mass is 347 g/mol. The molecular weight excluding hydrogens is 338 g/mol. The van der Waals surface area contributed by atoms with E-state index in [1.807, 2.05) is 42.5 Å². The van der Waals surface area contributed by atoms with Crippen LogP contribution in [-0.4, -0.2) is 5.91 Å². The number of halogens is 1. The molecule has 0 fully saturated rings. The number of nitrogens with zero attached hydrogens (tertiary/aromatic N) is 2. The van der Waals surface area contributed by atoms with Crippen LogP contribution in [0.5, 0.6) is 0 Å². The lowest BCUT2D eigenvalue weighted by atomic mass is 10.1. The van der Waals surface area contributed by atoms with Gasteiger partial charge in [-0.1, -0.05) is 34.1 Å². The van der Waals surface area contributed by atoms with Crippen molar-refractivity contribution in [2.24, 2.45) is 8.73 Å². The smallest absolute Gasteiger partial charge is 0.255 e. The van der Waals surface area contributed by atoms with Crippen molar-refractivity contribution in [2.45, 2.75) is 5.33 Å². The quantitative estimate of drug-likeness (QED) is 0.693. The Morgan fingerprint density at radius 2 is 1.95 bits per heavy atom. The van der Waals surface area contributed by atoms with E-state index in [0.29, 0.717) is 11.3 Å². The SMILES string of the molecule is O=C(Nc1cccc2c1N=S=N2)c1ccc(CBr)cc1. The zero-order valence-corrected chi connectivity index (χ0v) is 12.7. The highest BCUT2D eigenvalue weighted by Crippen LogP contribution is 2.38. The van der Waals surface area contributed by atoms with Gasteiger partial charge in [0, 0.05) is 10.9 Å². The largest absolute Gasteiger partial charge is 0.320 e. The minimum absolute atomic E-state index is 0.147. The number of amides is 1. The molecule has 0 unspecified atom stereocenters. The molecule has 1 N–H and O–H groups in total. The Kier molecular flexibility index (Phi) is 3.75. The van der Waals surface area contributed by atoms with Gasteiger partial charge in [-0.05, 0) is 29.8 Å². The highest BCUT2D eigenvalue weighted by Gasteiger charge is 2.13. The van der Waals surface area contributed by atoms with Gasteiger partial charge in [0.05, 0.1) is 17.0 Å². The lowest BCUT2D eigenvalue weighted by molar-refractivity contribution is 0.102. The predicted molar refractivity (Wildman–Crippen MR) is 85.0 cm³/mol. The molecule has 2 aromatic rings. The van der Waals surface area contributed by atoms with Crippen molar-refractivity contribution in [1.29, 1.82) is 0 Å². The van der Waals surface area contributed by atoms with E-state index in [-0.39, 0.29) is 5.91 Å². The average molecular weight is 348 g/mol. The number of benzene rings is 2. The van der Waals surface area contributed by atoms with Crippen molar-refractivity contribution in [3.05, 3.63) is 53.6 Å². The van der Waals surface area contributed by atoms with E-state index in [0.717, 1.165) is 33.6 Å². The van der Waals surface area contributed by atoms with Gasteiger partial charge in [-0.3, -0.25) is 4.79 Å². The Balaban J connectivity index is 1.83. The second-order valence-electron chi connectivity index (χ2n) is 4.22. The topological polar surface area (TPSA) is 53.8 Å². The van der Waals surface area contributed by atoms with E-state index in [1.54, 1.807) is 0 Å². The van der Waals surface area contributed by atoms with Crippen LogP contribution in [0.25, 0.3) is 0 Å². The Morgan fingerprint density at radius 1 is 1.15 bits per heavy atom. The van der Waals surface area contributed by atoms with Crippen LogP contribution in [0.4, 0.5) is 17.1 Å². The second-order valence-corrected chi connectivity index (χ2v) is 5.31. The van der Waals surface area contributed by atoms with E-state index < -0.39 is 0 Å². The van der Waals surface area contributed by atoms with Crippen molar-refractivity contribution in [1.82, 2.24) is 0 Å². The van der Waals surface area contributed by atoms with Crippen LogP contribution in [0.2, 0.25) is 0 Å². The van der Waals surface area contributed by atoms with Crippen LogP contribution in [0.15, 0.2) is 51.2 Å². The lowest BCUT2D eigenvalue weighted by Crippen LogP contribution is -2.11. The fraction of sp³-hybridized carbons (Fsp3) is 0.0714. The van der Waals surface area contributed by atoms with E-state index in [1.165, 1.54) is 0 Å². The zero-order chi connectivity index (χ0) is 13.9. The minimum atomic E-state index is -0.147. The number of nitrogens with one attached hydrogen (secondary N) is 1. The Hall–Kier alpha value is -1.79. The summed E-state index contributed by atoms with van der Waals surface area (Å²) in [5.41, 5.74) is 3.96. The highest BCUT2D eigenvalue weighted by atomic mass is 79.9. The number of carbonyl (C=O) groups is 1. The summed E-state index contributed by atoms with van der Waals surface area (Å²) in [4.78, 5) is 12.2. The van der Waals surface area contributed by atoms with Crippen LogP contribution in [0, 0.1) is 0 Å². The average Bonchev–Trinajstić information content (AvgIpc) is 2.97. The summed E-state index contributed by atoms with van der Waals surface area (Å²) in [5, 5.41) is 3.65. The molecule has 3 rings (SSSR count). The van der Waals surface area contributed by atoms with Crippen molar-refractivity contribution < 1.29 is 4.79 Å². The second kappa shape index (κ2) is 5.68. The maximum atomic E-state index is 12.2. The molecule has 0 saturated heterocycles. The minimum Gasteiger partial charge on any atom is -0.320 e. The maximum absolute atomic E-state index is 12.2. The van der Waals surface area contributed by atoms with Gasteiger partial charge in [-0.2, -0.15) is 8.73 Å². The van der Waals surface area contributed by atoms with E-state index in [2.05, 4.69) is 30.0 Å². The van der Waals surface area contributed by atoms with Crippen molar-refractivity contribution >= 4 is 50.3 Å². The summed E-state index contributed by atoms with van der Waals surface area (Å²) in [6.07, 6.45) is 0. The number of hydrogen-bond donors (Lipinski definition) is 1. The molecule has 20 heavy (non-hydrogen) atoms. The number of carbonyl (C=O) groups excluding carboxylic acids is 1. The Morgan fingerprint density at radius 3 is 2.70 bits per heavy atom. The molecule has 0 atom stereocenters. The molecule has 2 aromatic carbocycles. The summed E-state index contributed by atoms with van der Waals surface area (Å²) in [7, 11) is 0. The van der Waals surface area contributed by atoms with Gasteiger partial charge >= 0.3 is 0 Å². The van der Waals surface area contributed by atoms with Gasteiger partial charge in [0.2, 0.25) is 0 Å². The molecule has 1 aliphatic rings.